The van der Waals surface area contributed by atoms with Crippen molar-refractivity contribution in [2.75, 3.05) is 0 Å². The largest absolute Gasteiger partial charge is 0.457 e. The predicted octanol–water partition coefficient (Wildman–Crippen LogP) is 3.03. The van der Waals surface area contributed by atoms with Crippen molar-refractivity contribution in [1.29, 1.82) is 0 Å². The second kappa shape index (κ2) is 7.08. The molecular weight excluding hydrogens is 312 g/mol. The summed E-state index contributed by atoms with van der Waals surface area (Å²) in [4.78, 5) is 28.2. The van der Waals surface area contributed by atoms with E-state index in [1.807, 2.05) is 24.3 Å². The summed E-state index contributed by atoms with van der Waals surface area (Å²) < 4.78 is 6.50. The Kier molecular flexibility index (Phi) is 4.91. The van der Waals surface area contributed by atoms with Crippen molar-refractivity contribution < 1.29 is 14.3 Å². The molecular formula is C17H20N2O3S. The topological polar surface area (TPSA) is 68.3 Å². The van der Waals surface area contributed by atoms with Gasteiger partial charge in [-0.15, -0.1) is 11.3 Å². The summed E-state index contributed by atoms with van der Waals surface area (Å²) in [7, 11) is 0. The quantitative estimate of drug-likeness (QED) is 0.855. The highest BCUT2D eigenvalue weighted by atomic mass is 32.1. The fourth-order valence-electron chi connectivity index (χ4n) is 3.08. The van der Waals surface area contributed by atoms with Gasteiger partial charge in [0.1, 0.15) is 17.7 Å². The molecule has 3 rings (SSSR count). The number of para-hydroxylation sites is 1. The second-order valence-corrected chi connectivity index (χ2v) is 7.02. The molecule has 2 aromatic rings. The van der Waals surface area contributed by atoms with Crippen LogP contribution in [0.5, 0.6) is 0 Å². The average molecular weight is 332 g/mol. The molecule has 1 fully saturated rings. The van der Waals surface area contributed by atoms with Gasteiger partial charge in [-0.1, -0.05) is 25.0 Å². The van der Waals surface area contributed by atoms with Crippen molar-refractivity contribution in [3.8, 4) is 0 Å². The summed E-state index contributed by atoms with van der Waals surface area (Å²) in [6.07, 6.45) is 4.13. The van der Waals surface area contributed by atoms with Crippen molar-refractivity contribution in [3.05, 3.63) is 29.3 Å². The Morgan fingerprint density at radius 2 is 2.09 bits per heavy atom. The number of amides is 1. The van der Waals surface area contributed by atoms with Crippen LogP contribution in [0.1, 0.15) is 37.6 Å². The molecule has 1 aliphatic carbocycles. The molecule has 0 aliphatic heterocycles. The first kappa shape index (κ1) is 15.9. The lowest BCUT2D eigenvalue weighted by molar-refractivity contribution is -0.150. The van der Waals surface area contributed by atoms with E-state index in [0.717, 1.165) is 40.9 Å². The lowest BCUT2D eigenvalue weighted by Crippen LogP contribution is -2.45. The van der Waals surface area contributed by atoms with Crippen LogP contribution in [0.2, 0.25) is 0 Å². The number of fused-ring (bicyclic) bond motifs is 1. The summed E-state index contributed by atoms with van der Waals surface area (Å²) in [5.74, 6) is -0.369. The summed E-state index contributed by atoms with van der Waals surface area (Å²) in [5, 5.41) is 3.52. The molecule has 23 heavy (non-hydrogen) atoms. The summed E-state index contributed by atoms with van der Waals surface area (Å²) in [5.41, 5.74) is 0.915. The molecule has 1 aromatic heterocycles. The van der Waals surface area contributed by atoms with E-state index in [2.05, 4.69) is 10.3 Å². The molecule has 0 radical (unpaired) electrons. The minimum Gasteiger partial charge on any atom is -0.457 e. The molecule has 5 nitrogen and oxygen atoms in total. The number of nitrogens with one attached hydrogen (secondary N) is 1. The number of hydrogen-bond donors (Lipinski definition) is 1. The number of nitrogens with zero attached hydrogens (tertiary/aromatic N) is 1. The maximum absolute atomic E-state index is 12.4. The highest BCUT2D eigenvalue weighted by Crippen LogP contribution is 2.29. The van der Waals surface area contributed by atoms with Crippen LogP contribution in [-0.4, -0.2) is 22.9 Å². The van der Waals surface area contributed by atoms with Crippen LogP contribution in [0.15, 0.2) is 24.3 Å². The molecule has 1 aromatic carbocycles. The highest BCUT2D eigenvalue weighted by Gasteiger charge is 2.32. The lowest BCUT2D eigenvalue weighted by Gasteiger charge is -2.22. The number of carbonyl (C=O) groups excluding carboxylic acids is 2. The first-order chi connectivity index (χ1) is 11.1. The van der Waals surface area contributed by atoms with Gasteiger partial charge < -0.3 is 10.1 Å². The molecule has 1 saturated carbocycles. The third-order valence-corrected chi connectivity index (χ3v) is 5.17. The summed E-state index contributed by atoms with van der Waals surface area (Å²) in [6, 6.07) is 7.30. The first-order valence-electron chi connectivity index (χ1n) is 7.91. The molecule has 1 heterocycles. The van der Waals surface area contributed by atoms with E-state index >= 15 is 0 Å². The Balaban J connectivity index is 1.64. The van der Waals surface area contributed by atoms with Crippen LogP contribution < -0.4 is 5.32 Å². The van der Waals surface area contributed by atoms with E-state index in [1.54, 1.807) is 0 Å². The summed E-state index contributed by atoms with van der Waals surface area (Å²) in [6.45, 7) is 1.59. The van der Waals surface area contributed by atoms with Gasteiger partial charge in [0, 0.05) is 6.92 Å². The van der Waals surface area contributed by atoms with Crippen LogP contribution >= 0.6 is 11.3 Å². The smallest absolute Gasteiger partial charge is 0.329 e. The van der Waals surface area contributed by atoms with Gasteiger partial charge in [-0.3, -0.25) is 4.79 Å². The number of rotatable bonds is 5. The van der Waals surface area contributed by atoms with Crippen molar-refractivity contribution in [2.24, 2.45) is 5.92 Å². The predicted molar refractivity (Wildman–Crippen MR) is 89.0 cm³/mol. The Bertz CT molecular complexity index is 674. The van der Waals surface area contributed by atoms with Crippen LogP contribution in [0.3, 0.4) is 0 Å². The zero-order valence-electron chi connectivity index (χ0n) is 13.1. The van der Waals surface area contributed by atoms with Gasteiger partial charge >= 0.3 is 5.97 Å². The van der Waals surface area contributed by atoms with Gasteiger partial charge in [0.2, 0.25) is 5.91 Å². The first-order valence-corrected chi connectivity index (χ1v) is 8.73. The van der Waals surface area contributed by atoms with E-state index in [-0.39, 0.29) is 24.4 Å². The molecule has 0 saturated heterocycles. The maximum Gasteiger partial charge on any atom is 0.329 e. The summed E-state index contributed by atoms with van der Waals surface area (Å²) >= 11 is 1.52. The number of hydrogen-bond acceptors (Lipinski definition) is 5. The fraction of sp³-hybridized carbons (Fsp3) is 0.471. The van der Waals surface area contributed by atoms with Crippen molar-refractivity contribution in [2.45, 2.75) is 45.3 Å². The second-order valence-electron chi connectivity index (χ2n) is 5.91. The van der Waals surface area contributed by atoms with Crippen molar-refractivity contribution in [3.63, 3.8) is 0 Å². The molecule has 122 valence electrons. The molecule has 0 bridgehead atoms. The number of thiazole rings is 1. The monoisotopic (exact) mass is 332 g/mol. The van der Waals surface area contributed by atoms with E-state index in [4.69, 9.17) is 4.74 Å². The number of ether oxygens (including phenoxy) is 1. The molecule has 1 amide bonds. The third-order valence-electron chi connectivity index (χ3n) is 4.16. The van der Waals surface area contributed by atoms with Crippen molar-refractivity contribution in [1.82, 2.24) is 10.3 Å². The minimum absolute atomic E-state index is 0.154. The van der Waals surface area contributed by atoms with Crippen LogP contribution in [-0.2, 0) is 20.9 Å². The Labute approximate surface area is 139 Å². The van der Waals surface area contributed by atoms with E-state index in [0.29, 0.717) is 0 Å². The van der Waals surface area contributed by atoms with E-state index < -0.39 is 6.04 Å². The molecule has 1 atom stereocenters. The van der Waals surface area contributed by atoms with Crippen molar-refractivity contribution >= 4 is 33.4 Å². The van der Waals surface area contributed by atoms with Crippen LogP contribution in [0, 0.1) is 5.92 Å². The Morgan fingerprint density at radius 3 is 2.78 bits per heavy atom. The van der Waals surface area contributed by atoms with E-state index in [1.165, 1.54) is 18.3 Å². The Hall–Kier alpha value is -1.95. The highest BCUT2D eigenvalue weighted by molar-refractivity contribution is 7.18. The SMILES string of the molecule is CC(=O)N[C@@H](C(=O)OCc1nc2ccccc2s1)C1CCCC1. The van der Waals surface area contributed by atoms with Gasteiger partial charge in [0.05, 0.1) is 10.2 Å². The van der Waals surface area contributed by atoms with E-state index in [9.17, 15) is 9.59 Å². The molecule has 1 N–H and O–H groups in total. The van der Waals surface area contributed by atoms with Gasteiger partial charge in [0.25, 0.3) is 0 Å². The van der Waals surface area contributed by atoms with Gasteiger partial charge in [0.15, 0.2) is 0 Å². The number of carbonyl (C=O) groups is 2. The number of benzene rings is 1. The molecule has 0 spiro atoms. The third kappa shape index (κ3) is 3.88. The average Bonchev–Trinajstić information content (AvgIpc) is 3.18. The van der Waals surface area contributed by atoms with Gasteiger partial charge in [-0.05, 0) is 30.9 Å². The molecule has 1 aliphatic rings. The molecule has 6 heteroatoms. The number of aromatic nitrogens is 1. The Morgan fingerprint density at radius 1 is 1.35 bits per heavy atom. The maximum atomic E-state index is 12.4. The van der Waals surface area contributed by atoms with Crippen LogP contribution in [0.25, 0.3) is 10.2 Å². The number of esters is 1. The minimum atomic E-state index is -0.538. The lowest BCUT2D eigenvalue weighted by atomic mass is 9.98. The van der Waals surface area contributed by atoms with Crippen LogP contribution in [0.4, 0.5) is 0 Å². The zero-order chi connectivity index (χ0) is 16.2. The van der Waals surface area contributed by atoms with Gasteiger partial charge in [-0.2, -0.15) is 0 Å². The van der Waals surface area contributed by atoms with Gasteiger partial charge in [-0.25, -0.2) is 9.78 Å². The fourth-order valence-corrected chi connectivity index (χ4v) is 3.96. The standard InChI is InChI=1S/C17H20N2O3S/c1-11(20)18-16(12-6-2-3-7-12)17(21)22-10-15-19-13-8-4-5-9-14(13)23-15/h4-5,8-9,12,16H,2-3,6-7,10H2,1H3,(H,18,20)/t16-/m1/s1. The molecule has 0 unspecified atom stereocenters. The zero-order valence-corrected chi connectivity index (χ0v) is 13.9. The normalized spacial score (nSPS) is 16.4.